The van der Waals surface area contributed by atoms with Crippen LogP contribution < -0.4 is 19.3 Å². The Hall–Kier alpha value is -6.14. The molecule has 0 radical (unpaired) electrons. The number of aromatic nitrogens is 8. The Labute approximate surface area is 502 Å². The van der Waals surface area contributed by atoms with E-state index in [1.165, 1.54) is 55.1 Å². The van der Waals surface area contributed by atoms with Crippen LogP contribution in [0.15, 0.2) is 73.6 Å². The SMILES string of the molecule is C[C@@H](Oc1cc2c(-c3cnc(N4CC(C)(N5CCOCC5)C4)c(F)c3)n[nH]c2cc1F)c1c(Cl)cncc1Cl.C[C@@H](Oc1cc2c(-c3cnc(N4CC(C)(N5CCOCC5)C4)c(F)c3)nn(C3CCCCO3)c2cc1F)c1c(Cl)cncc1Cl. The maximum Gasteiger partial charge on any atom is 0.167 e. The highest BCUT2D eigenvalue weighted by atomic mass is 35.5. The van der Waals surface area contributed by atoms with Crippen molar-refractivity contribution >= 4 is 79.8 Å². The number of morpholine rings is 2. The van der Waals surface area contributed by atoms with Crippen molar-refractivity contribution in [3.63, 3.8) is 0 Å². The van der Waals surface area contributed by atoms with Crippen molar-refractivity contribution in [1.29, 1.82) is 0 Å². The van der Waals surface area contributed by atoms with Crippen molar-refractivity contribution in [2.45, 2.75) is 76.5 Å². The van der Waals surface area contributed by atoms with Gasteiger partial charge in [0, 0.05) is 141 Å². The van der Waals surface area contributed by atoms with Gasteiger partial charge in [0.1, 0.15) is 23.6 Å². The maximum absolute atomic E-state index is 15.7. The molecule has 25 heteroatoms. The number of fused-ring (bicyclic) bond motifs is 2. The number of ether oxygens (including phenoxy) is 5. The lowest BCUT2D eigenvalue weighted by Gasteiger charge is -2.55. The van der Waals surface area contributed by atoms with Crippen LogP contribution in [0.5, 0.6) is 11.5 Å². The summed E-state index contributed by atoms with van der Waals surface area (Å²) < 4.78 is 92.2. The molecule has 11 heterocycles. The molecule has 6 aromatic heterocycles. The lowest BCUT2D eigenvalue weighted by molar-refractivity contribution is -0.0365. The number of H-pyrrole nitrogens is 1. The van der Waals surface area contributed by atoms with Gasteiger partial charge in [-0.05, 0) is 71.2 Å². The molecule has 84 heavy (non-hydrogen) atoms. The van der Waals surface area contributed by atoms with Crippen LogP contribution in [0, 0.1) is 23.3 Å². The van der Waals surface area contributed by atoms with Crippen LogP contribution in [-0.2, 0) is 14.2 Å². The van der Waals surface area contributed by atoms with Crippen molar-refractivity contribution in [1.82, 2.24) is 49.7 Å². The van der Waals surface area contributed by atoms with E-state index in [0.29, 0.717) is 133 Å². The number of aromatic amines is 1. The minimum Gasteiger partial charge on any atom is -0.483 e. The van der Waals surface area contributed by atoms with Crippen molar-refractivity contribution in [2.75, 3.05) is 95.2 Å². The van der Waals surface area contributed by atoms with Crippen LogP contribution in [0.4, 0.5) is 29.2 Å². The second-order valence-electron chi connectivity index (χ2n) is 22.3. The van der Waals surface area contributed by atoms with E-state index in [-0.39, 0.29) is 28.8 Å². The zero-order valence-corrected chi connectivity index (χ0v) is 49.5. The Morgan fingerprint density at radius 3 is 1.54 bits per heavy atom. The highest BCUT2D eigenvalue weighted by Crippen LogP contribution is 2.42. The lowest BCUT2D eigenvalue weighted by Crippen LogP contribution is -2.70. The van der Waals surface area contributed by atoms with Crippen molar-refractivity contribution in [3.8, 4) is 34.0 Å². The van der Waals surface area contributed by atoms with Crippen LogP contribution in [0.3, 0.4) is 0 Å². The molecule has 8 aromatic rings. The Balaban J connectivity index is 0.000000167. The smallest absolute Gasteiger partial charge is 0.167 e. The van der Waals surface area contributed by atoms with Crippen LogP contribution in [0.1, 0.15) is 76.5 Å². The molecule has 0 saturated carbocycles. The first kappa shape index (κ1) is 58.3. The van der Waals surface area contributed by atoms with E-state index >= 15 is 13.2 Å². The van der Waals surface area contributed by atoms with Gasteiger partial charge in [-0.15, -0.1) is 0 Å². The monoisotopic (exact) mass is 1230 g/mol. The second kappa shape index (κ2) is 24.0. The second-order valence-corrected chi connectivity index (χ2v) is 24.0. The van der Waals surface area contributed by atoms with Gasteiger partial charge in [-0.3, -0.25) is 24.9 Å². The van der Waals surface area contributed by atoms with Gasteiger partial charge in [-0.25, -0.2) is 32.2 Å². The van der Waals surface area contributed by atoms with Crippen LogP contribution >= 0.6 is 46.4 Å². The first-order valence-electron chi connectivity index (χ1n) is 27.8. The number of halogens is 8. The van der Waals surface area contributed by atoms with Crippen molar-refractivity contribution in [3.05, 3.63) is 128 Å². The number of benzene rings is 2. The van der Waals surface area contributed by atoms with Gasteiger partial charge in [0.05, 0.1) is 68.6 Å². The highest BCUT2D eigenvalue weighted by molar-refractivity contribution is 6.36. The van der Waals surface area contributed by atoms with E-state index < -0.39 is 35.5 Å². The summed E-state index contributed by atoms with van der Waals surface area (Å²) in [5.74, 6) is -1.49. The summed E-state index contributed by atoms with van der Waals surface area (Å²) in [6.45, 7) is 17.5. The fourth-order valence-electron chi connectivity index (χ4n) is 12.1. The molecule has 5 aliphatic heterocycles. The molecule has 1 N–H and O–H groups in total. The highest BCUT2D eigenvalue weighted by Gasteiger charge is 2.46. The first-order chi connectivity index (χ1) is 40.4. The maximum atomic E-state index is 15.7. The Morgan fingerprint density at radius 1 is 0.583 bits per heavy atom. The summed E-state index contributed by atoms with van der Waals surface area (Å²) in [5.41, 5.74) is 3.70. The molecule has 1 unspecified atom stereocenters. The summed E-state index contributed by atoms with van der Waals surface area (Å²) in [6, 6.07) is 8.63. The summed E-state index contributed by atoms with van der Waals surface area (Å²) in [4.78, 5) is 25.6. The van der Waals surface area contributed by atoms with Crippen LogP contribution in [-0.4, -0.2) is 146 Å². The zero-order chi connectivity index (χ0) is 58.6. The number of nitrogens with one attached hydrogen (secondary N) is 1. The van der Waals surface area contributed by atoms with Gasteiger partial charge in [0.25, 0.3) is 0 Å². The Bertz CT molecular complexity index is 3700. The summed E-state index contributed by atoms with van der Waals surface area (Å²) in [6.07, 6.45) is 9.96. The predicted octanol–water partition coefficient (Wildman–Crippen LogP) is 12.5. The Morgan fingerprint density at radius 2 is 1.06 bits per heavy atom. The molecule has 0 spiro atoms. The largest absolute Gasteiger partial charge is 0.483 e. The lowest BCUT2D eigenvalue weighted by atomic mass is 9.89. The minimum absolute atomic E-state index is 0.0164. The molecule has 5 fully saturated rings. The third-order valence-electron chi connectivity index (χ3n) is 16.5. The molecular formula is C59H60Cl4F4N12O5. The van der Waals surface area contributed by atoms with Crippen molar-refractivity contribution < 1.29 is 41.2 Å². The molecule has 0 amide bonds. The van der Waals surface area contributed by atoms with Gasteiger partial charge in [0.2, 0.25) is 0 Å². The molecule has 5 saturated heterocycles. The molecule has 5 aliphatic rings. The molecule has 0 bridgehead atoms. The van der Waals surface area contributed by atoms with E-state index in [1.54, 1.807) is 37.0 Å². The predicted molar refractivity (Wildman–Crippen MR) is 314 cm³/mol. The van der Waals surface area contributed by atoms with Gasteiger partial charge >= 0.3 is 0 Å². The molecule has 13 rings (SSSR count). The summed E-state index contributed by atoms with van der Waals surface area (Å²) in [5, 5.41) is 14.4. The molecule has 0 aliphatic carbocycles. The molecule has 442 valence electrons. The van der Waals surface area contributed by atoms with E-state index in [2.05, 4.69) is 53.8 Å². The van der Waals surface area contributed by atoms with Gasteiger partial charge in [-0.1, -0.05) is 46.4 Å². The van der Waals surface area contributed by atoms with Crippen LogP contribution in [0.25, 0.3) is 44.3 Å². The number of pyridine rings is 4. The fourth-order valence-corrected chi connectivity index (χ4v) is 13.4. The minimum atomic E-state index is -0.682. The zero-order valence-electron chi connectivity index (χ0n) is 46.5. The van der Waals surface area contributed by atoms with E-state index in [1.807, 2.05) is 9.80 Å². The van der Waals surface area contributed by atoms with Gasteiger partial charge in [0.15, 0.2) is 52.6 Å². The molecule has 3 atom stereocenters. The number of anilines is 2. The number of hydrogen-bond acceptors (Lipinski definition) is 15. The average Bonchev–Trinajstić information content (AvgIpc) is 2.28. The number of nitrogens with zero attached hydrogens (tertiary/aromatic N) is 11. The number of rotatable bonds is 13. The van der Waals surface area contributed by atoms with Gasteiger partial charge < -0.3 is 33.5 Å². The summed E-state index contributed by atoms with van der Waals surface area (Å²) >= 11 is 25.2. The van der Waals surface area contributed by atoms with Crippen molar-refractivity contribution in [2.24, 2.45) is 0 Å². The fraction of sp³-hybridized carbons (Fsp3) is 0.424. The van der Waals surface area contributed by atoms with Gasteiger partial charge in [-0.2, -0.15) is 10.2 Å². The topological polar surface area (TPSA) is 157 Å². The average molecular weight is 1240 g/mol. The quantitative estimate of drug-likeness (QED) is 0.109. The third kappa shape index (κ3) is 11.4. The molecular weight excluding hydrogens is 1170 g/mol. The van der Waals surface area contributed by atoms with E-state index in [0.717, 1.165) is 58.7 Å². The first-order valence-corrected chi connectivity index (χ1v) is 29.4. The standard InChI is InChI=1S/C32H34Cl2F2N6O3.C27H26Cl2F2N6O2/c1-19(29-22(33)15-37-16-23(29)34)45-27-12-21-26(13-24(27)35)42(28-5-3-4-8-44-28)39-30(21)20-11-25(36)31(38-14-20)40-17-32(2,18-40)41-6-9-43-10-7-41;1-15(24-18(28)11-32-12-19(24)29)39-23-8-17-22(9-20(23)30)34-35-25(17)16-7-21(31)26(33-10-16)36-13-27(2,14-36)37-3-5-38-6-4-37/h11-16,19,28H,3-10,17-18H2,1-2H3;7-12,15H,3-6,13-14H2,1-2H3,(H,34,35)/t19-,28?;15-/m11/s1. The molecule has 2 aromatic carbocycles. The van der Waals surface area contributed by atoms with E-state index in [9.17, 15) is 4.39 Å². The van der Waals surface area contributed by atoms with E-state index in [4.69, 9.17) is 75.2 Å². The van der Waals surface area contributed by atoms with Crippen LogP contribution in [0.2, 0.25) is 20.1 Å². The summed E-state index contributed by atoms with van der Waals surface area (Å²) in [7, 11) is 0. The number of hydrogen-bond donors (Lipinski definition) is 1. The normalized spacial score (nSPS) is 19.8. The Kier molecular flexibility index (Phi) is 16.6. The third-order valence-corrected chi connectivity index (χ3v) is 17.7. The molecule has 17 nitrogen and oxygen atoms in total.